The SMILES string of the molecule is COc1ccc(CC(=O)NCc2ccc(N3CCCC3)nc2)c(OC)c1. The summed E-state index contributed by atoms with van der Waals surface area (Å²) in [5, 5.41) is 2.94. The molecule has 1 N–H and O–H groups in total. The number of carbonyl (C=O) groups excluding carboxylic acids is 1. The quantitative estimate of drug-likeness (QED) is 0.827. The highest BCUT2D eigenvalue weighted by atomic mass is 16.5. The summed E-state index contributed by atoms with van der Waals surface area (Å²) >= 11 is 0. The standard InChI is InChI=1S/C20H25N3O3/c1-25-17-7-6-16(18(12-17)26-2)11-20(24)22-14-15-5-8-19(21-13-15)23-9-3-4-10-23/h5-8,12-13H,3-4,9-11,14H2,1-2H3,(H,22,24). The molecule has 6 heteroatoms. The van der Waals surface area contributed by atoms with E-state index in [9.17, 15) is 4.79 Å². The maximum Gasteiger partial charge on any atom is 0.224 e. The number of anilines is 1. The molecule has 3 rings (SSSR count). The molecule has 0 unspecified atom stereocenters. The Morgan fingerprint density at radius 2 is 1.96 bits per heavy atom. The van der Waals surface area contributed by atoms with Crippen molar-refractivity contribution in [1.29, 1.82) is 0 Å². The fraction of sp³-hybridized carbons (Fsp3) is 0.400. The number of carbonyl (C=O) groups is 1. The van der Waals surface area contributed by atoms with Crippen LogP contribution in [0.1, 0.15) is 24.0 Å². The number of pyridine rings is 1. The molecule has 1 aromatic heterocycles. The van der Waals surface area contributed by atoms with Crippen molar-refractivity contribution in [1.82, 2.24) is 10.3 Å². The van der Waals surface area contributed by atoms with Crippen molar-refractivity contribution in [3.8, 4) is 11.5 Å². The van der Waals surface area contributed by atoms with Gasteiger partial charge in [0.1, 0.15) is 17.3 Å². The first-order valence-electron chi connectivity index (χ1n) is 8.87. The lowest BCUT2D eigenvalue weighted by Crippen LogP contribution is -2.25. The third-order valence-corrected chi connectivity index (χ3v) is 4.57. The smallest absolute Gasteiger partial charge is 0.224 e. The first-order chi connectivity index (χ1) is 12.7. The van der Waals surface area contributed by atoms with Crippen LogP contribution in [0.3, 0.4) is 0 Å². The van der Waals surface area contributed by atoms with Crippen molar-refractivity contribution < 1.29 is 14.3 Å². The van der Waals surface area contributed by atoms with E-state index in [1.807, 2.05) is 30.5 Å². The average molecular weight is 355 g/mol. The van der Waals surface area contributed by atoms with Gasteiger partial charge in [-0.25, -0.2) is 4.98 Å². The summed E-state index contributed by atoms with van der Waals surface area (Å²) in [5.41, 5.74) is 1.82. The predicted molar refractivity (Wildman–Crippen MR) is 101 cm³/mol. The highest BCUT2D eigenvalue weighted by Gasteiger charge is 2.13. The minimum absolute atomic E-state index is 0.0583. The van der Waals surface area contributed by atoms with Crippen molar-refractivity contribution in [2.75, 3.05) is 32.2 Å². The van der Waals surface area contributed by atoms with Gasteiger partial charge in [0.2, 0.25) is 5.91 Å². The molecular formula is C20H25N3O3. The van der Waals surface area contributed by atoms with Gasteiger partial charge in [-0.3, -0.25) is 4.79 Å². The molecule has 1 aliphatic rings. The van der Waals surface area contributed by atoms with Crippen molar-refractivity contribution in [2.45, 2.75) is 25.8 Å². The monoisotopic (exact) mass is 355 g/mol. The van der Waals surface area contributed by atoms with E-state index in [1.54, 1.807) is 20.3 Å². The summed E-state index contributed by atoms with van der Waals surface area (Å²) in [5.74, 6) is 2.31. The Bertz CT molecular complexity index is 740. The Kier molecular flexibility index (Phi) is 5.94. The number of nitrogens with zero attached hydrogens (tertiary/aromatic N) is 2. The number of nitrogens with one attached hydrogen (secondary N) is 1. The highest BCUT2D eigenvalue weighted by molar-refractivity contribution is 5.79. The topological polar surface area (TPSA) is 63.7 Å². The first-order valence-corrected chi connectivity index (χ1v) is 8.87. The van der Waals surface area contributed by atoms with Crippen LogP contribution in [0, 0.1) is 0 Å². The zero-order valence-corrected chi connectivity index (χ0v) is 15.3. The van der Waals surface area contributed by atoms with Crippen molar-refractivity contribution in [2.24, 2.45) is 0 Å². The van der Waals surface area contributed by atoms with E-state index in [0.717, 1.165) is 30.0 Å². The summed E-state index contributed by atoms with van der Waals surface area (Å²) in [7, 11) is 3.19. The number of ether oxygens (including phenoxy) is 2. The molecule has 2 aromatic rings. The van der Waals surface area contributed by atoms with Crippen LogP contribution in [0.4, 0.5) is 5.82 Å². The highest BCUT2D eigenvalue weighted by Crippen LogP contribution is 2.25. The summed E-state index contributed by atoms with van der Waals surface area (Å²) in [6.07, 6.45) is 4.55. The molecule has 1 aromatic carbocycles. The third kappa shape index (κ3) is 4.45. The molecule has 0 atom stereocenters. The lowest BCUT2D eigenvalue weighted by Gasteiger charge is -2.16. The second-order valence-corrected chi connectivity index (χ2v) is 6.35. The van der Waals surface area contributed by atoms with Gasteiger partial charge in [0.05, 0.1) is 20.6 Å². The van der Waals surface area contributed by atoms with E-state index >= 15 is 0 Å². The molecule has 6 nitrogen and oxygen atoms in total. The van der Waals surface area contributed by atoms with Crippen molar-refractivity contribution >= 4 is 11.7 Å². The van der Waals surface area contributed by atoms with Crippen molar-refractivity contribution in [3.63, 3.8) is 0 Å². The van der Waals surface area contributed by atoms with E-state index in [0.29, 0.717) is 18.0 Å². The fourth-order valence-corrected chi connectivity index (χ4v) is 3.09. The van der Waals surface area contributed by atoms with E-state index in [1.165, 1.54) is 12.8 Å². The van der Waals surface area contributed by atoms with Crippen LogP contribution >= 0.6 is 0 Å². The molecule has 0 aliphatic carbocycles. The van der Waals surface area contributed by atoms with E-state index < -0.39 is 0 Å². The number of amides is 1. The maximum atomic E-state index is 12.3. The molecule has 0 spiro atoms. The normalized spacial score (nSPS) is 13.5. The van der Waals surface area contributed by atoms with E-state index in [4.69, 9.17) is 9.47 Å². The Balaban J connectivity index is 1.54. The minimum Gasteiger partial charge on any atom is -0.497 e. The molecular weight excluding hydrogens is 330 g/mol. The molecule has 0 saturated carbocycles. The van der Waals surface area contributed by atoms with Crippen molar-refractivity contribution in [3.05, 3.63) is 47.7 Å². The summed E-state index contributed by atoms with van der Waals surface area (Å²) in [6.45, 7) is 2.62. The van der Waals surface area contributed by atoms with Gasteiger partial charge < -0.3 is 19.7 Å². The van der Waals surface area contributed by atoms with E-state index in [2.05, 4.69) is 15.2 Å². The number of aromatic nitrogens is 1. The first kappa shape index (κ1) is 18.0. The van der Waals surface area contributed by atoms with Crippen LogP contribution in [0.15, 0.2) is 36.5 Å². The van der Waals surface area contributed by atoms with Gasteiger partial charge in [0.15, 0.2) is 0 Å². The molecule has 0 radical (unpaired) electrons. The van der Waals surface area contributed by atoms with Crippen LogP contribution in [-0.4, -0.2) is 38.2 Å². The Labute approximate surface area is 154 Å². The van der Waals surface area contributed by atoms with Gasteiger partial charge >= 0.3 is 0 Å². The number of benzene rings is 1. The van der Waals surface area contributed by atoms with E-state index in [-0.39, 0.29) is 12.3 Å². The van der Waals surface area contributed by atoms with Gasteiger partial charge in [-0.2, -0.15) is 0 Å². The molecule has 0 bridgehead atoms. The molecule has 1 amide bonds. The molecule has 1 saturated heterocycles. The van der Waals surface area contributed by atoms with Gasteiger partial charge in [0.25, 0.3) is 0 Å². The summed E-state index contributed by atoms with van der Waals surface area (Å²) in [6, 6.07) is 9.51. The van der Waals surface area contributed by atoms with Gasteiger partial charge in [-0.15, -0.1) is 0 Å². The van der Waals surface area contributed by atoms with Gasteiger partial charge in [-0.1, -0.05) is 12.1 Å². The second kappa shape index (κ2) is 8.56. The van der Waals surface area contributed by atoms with Gasteiger partial charge in [-0.05, 0) is 30.5 Å². The molecule has 2 heterocycles. The number of hydrogen-bond donors (Lipinski definition) is 1. The zero-order chi connectivity index (χ0) is 18.4. The lowest BCUT2D eigenvalue weighted by molar-refractivity contribution is -0.120. The number of hydrogen-bond acceptors (Lipinski definition) is 5. The maximum absolute atomic E-state index is 12.3. The number of methoxy groups -OCH3 is 2. The fourth-order valence-electron chi connectivity index (χ4n) is 3.09. The zero-order valence-electron chi connectivity index (χ0n) is 15.3. The molecule has 26 heavy (non-hydrogen) atoms. The summed E-state index contributed by atoms with van der Waals surface area (Å²) in [4.78, 5) is 19.1. The predicted octanol–water partition coefficient (Wildman–Crippen LogP) is 2.56. The molecule has 1 aliphatic heterocycles. The Morgan fingerprint density at radius 1 is 1.15 bits per heavy atom. The third-order valence-electron chi connectivity index (χ3n) is 4.57. The second-order valence-electron chi connectivity index (χ2n) is 6.35. The average Bonchev–Trinajstić information content (AvgIpc) is 3.22. The molecule has 1 fully saturated rings. The molecule has 138 valence electrons. The van der Waals surface area contributed by atoms with Crippen LogP contribution in [0.25, 0.3) is 0 Å². The lowest BCUT2D eigenvalue weighted by atomic mass is 10.1. The largest absolute Gasteiger partial charge is 0.497 e. The number of rotatable bonds is 7. The Hall–Kier alpha value is -2.76. The van der Waals surface area contributed by atoms with Crippen LogP contribution < -0.4 is 19.7 Å². The van der Waals surface area contributed by atoms with Crippen LogP contribution in [-0.2, 0) is 17.8 Å². The Morgan fingerprint density at radius 3 is 2.62 bits per heavy atom. The van der Waals surface area contributed by atoms with Gasteiger partial charge in [0, 0.05) is 37.5 Å². The van der Waals surface area contributed by atoms with Crippen LogP contribution in [0.2, 0.25) is 0 Å². The summed E-state index contributed by atoms with van der Waals surface area (Å²) < 4.78 is 10.5. The van der Waals surface area contributed by atoms with Crippen LogP contribution in [0.5, 0.6) is 11.5 Å². The minimum atomic E-state index is -0.0583.